The van der Waals surface area contributed by atoms with E-state index in [1.54, 1.807) is 0 Å². The minimum absolute atomic E-state index is 0.140. The summed E-state index contributed by atoms with van der Waals surface area (Å²) in [4.78, 5) is 9.00. The van der Waals surface area contributed by atoms with E-state index in [-0.39, 0.29) is 5.41 Å². The van der Waals surface area contributed by atoms with Crippen LogP contribution in [0.4, 0.5) is 0 Å². The van der Waals surface area contributed by atoms with Gasteiger partial charge in [0.05, 0.1) is 0 Å². The normalized spacial score (nSPS) is 14.5. The summed E-state index contributed by atoms with van der Waals surface area (Å²) in [6.45, 7) is 6.42. The first-order chi connectivity index (χ1) is 6.10. The molecular weight excluding hydrogens is 183 g/mol. The summed E-state index contributed by atoms with van der Waals surface area (Å²) in [7, 11) is -2.30. The van der Waals surface area contributed by atoms with Crippen molar-refractivity contribution in [2.24, 2.45) is 5.41 Å². The lowest BCUT2D eigenvalue weighted by atomic mass is 9.80. The highest BCUT2D eigenvalue weighted by atomic mass is 31.1. The molecule has 0 heterocycles. The topological polar surface area (TPSA) is 37.3 Å². The van der Waals surface area contributed by atoms with Crippen LogP contribution in [0.3, 0.4) is 0 Å². The zero-order valence-electron chi connectivity index (χ0n) is 9.10. The molecule has 0 rings (SSSR count). The third kappa shape index (κ3) is 4.83. The van der Waals surface area contributed by atoms with Gasteiger partial charge < -0.3 is 4.89 Å². The Labute approximate surface area is 82.6 Å². The van der Waals surface area contributed by atoms with Crippen LogP contribution in [0.2, 0.25) is 0 Å². The van der Waals surface area contributed by atoms with Crippen LogP contribution >= 0.6 is 8.03 Å². The van der Waals surface area contributed by atoms with Gasteiger partial charge in [-0.15, -0.1) is 0 Å². The van der Waals surface area contributed by atoms with Crippen LogP contribution in [0.5, 0.6) is 0 Å². The maximum atomic E-state index is 10.9. The monoisotopic (exact) mass is 206 g/mol. The summed E-state index contributed by atoms with van der Waals surface area (Å²) in [6.07, 6.45) is 6.03. The van der Waals surface area contributed by atoms with Gasteiger partial charge >= 0.3 is 0 Å². The molecule has 0 aromatic rings. The van der Waals surface area contributed by atoms with E-state index in [4.69, 9.17) is 4.89 Å². The predicted molar refractivity (Wildman–Crippen MR) is 58.6 cm³/mol. The second kappa shape index (κ2) is 6.62. The molecule has 0 amide bonds. The molecule has 1 N–H and O–H groups in total. The summed E-state index contributed by atoms with van der Waals surface area (Å²) < 4.78 is 10.9. The van der Waals surface area contributed by atoms with Gasteiger partial charge in [0, 0.05) is 6.16 Å². The number of hydrogen-bond donors (Lipinski definition) is 1. The fraction of sp³-hybridized carbons (Fsp3) is 1.00. The number of hydrogen-bond acceptors (Lipinski definition) is 1. The van der Waals surface area contributed by atoms with Crippen molar-refractivity contribution in [2.75, 3.05) is 6.16 Å². The molecule has 0 saturated heterocycles. The molecule has 3 heteroatoms. The van der Waals surface area contributed by atoms with Crippen LogP contribution in [0.15, 0.2) is 0 Å². The highest BCUT2D eigenvalue weighted by Crippen LogP contribution is 2.39. The Morgan fingerprint density at radius 2 is 1.77 bits per heavy atom. The molecule has 0 aliphatic rings. The Balaban J connectivity index is 4.21. The number of rotatable bonds is 7. The quantitative estimate of drug-likeness (QED) is 0.648. The van der Waals surface area contributed by atoms with Crippen molar-refractivity contribution in [3.8, 4) is 0 Å². The van der Waals surface area contributed by atoms with Crippen LogP contribution in [-0.4, -0.2) is 11.1 Å². The second-order valence-electron chi connectivity index (χ2n) is 3.88. The van der Waals surface area contributed by atoms with E-state index in [0.717, 1.165) is 19.3 Å². The molecule has 80 valence electrons. The van der Waals surface area contributed by atoms with E-state index >= 15 is 0 Å². The van der Waals surface area contributed by atoms with Crippen molar-refractivity contribution < 1.29 is 9.46 Å². The Bertz CT molecular complexity index is 153. The first-order valence-corrected chi connectivity index (χ1v) is 6.88. The molecule has 1 unspecified atom stereocenters. The van der Waals surface area contributed by atoms with Crippen LogP contribution in [0, 0.1) is 5.41 Å². The van der Waals surface area contributed by atoms with Crippen molar-refractivity contribution in [1.82, 2.24) is 0 Å². The lowest BCUT2D eigenvalue weighted by molar-refractivity contribution is 0.263. The van der Waals surface area contributed by atoms with Crippen molar-refractivity contribution in [3.63, 3.8) is 0 Å². The molecule has 0 bridgehead atoms. The largest absolute Gasteiger partial charge is 0.346 e. The smallest absolute Gasteiger partial charge is 0.189 e. The second-order valence-corrected chi connectivity index (χ2v) is 5.02. The summed E-state index contributed by atoms with van der Waals surface area (Å²) in [5, 5.41) is 0. The summed E-state index contributed by atoms with van der Waals surface area (Å²) in [5.41, 5.74) is 0.140. The molecular formula is C10H23O2P. The zero-order valence-corrected chi connectivity index (χ0v) is 10.1. The molecule has 0 radical (unpaired) electrons. The maximum Gasteiger partial charge on any atom is 0.189 e. The molecule has 0 fully saturated rings. The van der Waals surface area contributed by atoms with Gasteiger partial charge in [-0.3, -0.25) is 4.57 Å². The first-order valence-electron chi connectivity index (χ1n) is 5.32. The Hall–Kier alpha value is 0.190. The summed E-state index contributed by atoms with van der Waals surface area (Å²) in [5.74, 6) is 0. The van der Waals surface area contributed by atoms with Crippen LogP contribution < -0.4 is 0 Å². The van der Waals surface area contributed by atoms with Gasteiger partial charge in [-0.25, -0.2) is 0 Å². The molecule has 2 nitrogen and oxygen atoms in total. The van der Waals surface area contributed by atoms with Crippen molar-refractivity contribution in [1.29, 1.82) is 0 Å². The average molecular weight is 206 g/mol. The summed E-state index contributed by atoms with van der Waals surface area (Å²) >= 11 is 0. The third-order valence-electron chi connectivity index (χ3n) is 3.09. The first kappa shape index (κ1) is 13.2. The standard InChI is InChI=1S/C10H23O2P/c1-4-7-8-10(5-2,6-3)9-13(11)12/h13H,4-9H2,1-3H3,(H,11,12). The minimum Gasteiger partial charge on any atom is -0.346 e. The predicted octanol–water partition coefficient (Wildman–Crippen LogP) is 3.45. The van der Waals surface area contributed by atoms with E-state index in [2.05, 4.69) is 20.8 Å². The SMILES string of the molecule is CCCCC(CC)(CC)C[PH](=O)O. The zero-order chi connectivity index (χ0) is 10.3. The van der Waals surface area contributed by atoms with Crippen LogP contribution in [0.1, 0.15) is 52.9 Å². The van der Waals surface area contributed by atoms with Crippen molar-refractivity contribution in [2.45, 2.75) is 52.9 Å². The molecule has 0 saturated carbocycles. The van der Waals surface area contributed by atoms with Gasteiger partial charge in [-0.05, 0) is 24.7 Å². The molecule has 1 atom stereocenters. The highest BCUT2D eigenvalue weighted by Gasteiger charge is 2.26. The Morgan fingerprint density at radius 3 is 2.08 bits per heavy atom. The van der Waals surface area contributed by atoms with Gasteiger partial charge in [-0.2, -0.15) is 0 Å². The Morgan fingerprint density at radius 1 is 1.23 bits per heavy atom. The van der Waals surface area contributed by atoms with E-state index in [1.807, 2.05) is 0 Å². The fourth-order valence-corrected chi connectivity index (χ4v) is 3.13. The van der Waals surface area contributed by atoms with Crippen LogP contribution in [-0.2, 0) is 4.57 Å². The molecule has 0 aliphatic heterocycles. The van der Waals surface area contributed by atoms with E-state index in [0.29, 0.717) is 6.16 Å². The number of unbranched alkanes of at least 4 members (excludes halogenated alkanes) is 1. The lowest BCUT2D eigenvalue weighted by Gasteiger charge is -2.30. The third-order valence-corrected chi connectivity index (χ3v) is 4.14. The van der Waals surface area contributed by atoms with E-state index in [9.17, 15) is 4.57 Å². The fourth-order valence-electron chi connectivity index (χ4n) is 1.81. The van der Waals surface area contributed by atoms with Crippen LogP contribution in [0.25, 0.3) is 0 Å². The maximum absolute atomic E-state index is 10.9. The molecule has 0 aromatic carbocycles. The van der Waals surface area contributed by atoms with Gasteiger partial charge in [-0.1, -0.05) is 33.6 Å². The molecule has 13 heavy (non-hydrogen) atoms. The molecule has 0 aromatic heterocycles. The minimum atomic E-state index is -2.30. The van der Waals surface area contributed by atoms with Gasteiger partial charge in [0.15, 0.2) is 8.03 Å². The van der Waals surface area contributed by atoms with E-state index < -0.39 is 8.03 Å². The van der Waals surface area contributed by atoms with Gasteiger partial charge in [0.2, 0.25) is 0 Å². The highest BCUT2D eigenvalue weighted by molar-refractivity contribution is 7.38. The van der Waals surface area contributed by atoms with Gasteiger partial charge in [0.1, 0.15) is 0 Å². The average Bonchev–Trinajstić information content (AvgIpc) is 2.12. The van der Waals surface area contributed by atoms with Gasteiger partial charge in [0.25, 0.3) is 0 Å². The Kier molecular flexibility index (Phi) is 6.71. The molecule has 0 aliphatic carbocycles. The van der Waals surface area contributed by atoms with Crippen molar-refractivity contribution in [3.05, 3.63) is 0 Å². The lowest BCUT2D eigenvalue weighted by Crippen LogP contribution is -2.21. The van der Waals surface area contributed by atoms with E-state index in [1.165, 1.54) is 12.8 Å². The van der Waals surface area contributed by atoms with Crippen molar-refractivity contribution >= 4 is 8.03 Å². The summed E-state index contributed by atoms with van der Waals surface area (Å²) in [6, 6.07) is 0. The molecule has 0 spiro atoms.